The molecule has 3 atom stereocenters. The number of rotatable bonds is 5. The van der Waals surface area contributed by atoms with E-state index in [0.29, 0.717) is 23.6 Å². The maximum absolute atomic E-state index is 11.1. The fourth-order valence-corrected chi connectivity index (χ4v) is 3.62. The van der Waals surface area contributed by atoms with Gasteiger partial charge in [0.25, 0.3) is 0 Å². The molecule has 1 aliphatic heterocycles. The van der Waals surface area contributed by atoms with E-state index in [0.717, 1.165) is 26.3 Å². The number of hydrogen-bond donors (Lipinski definition) is 3. The van der Waals surface area contributed by atoms with E-state index < -0.39 is 0 Å². The van der Waals surface area contributed by atoms with Gasteiger partial charge < -0.3 is 21.1 Å². The first kappa shape index (κ1) is 15.5. The first-order valence-electron chi connectivity index (χ1n) is 8.17. The van der Waals surface area contributed by atoms with Gasteiger partial charge in [0.2, 0.25) is 5.91 Å². The largest absolute Gasteiger partial charge is 0.379 e. The van der Waals surface area contributed by atoms with Crippen LogP contribution in [0.2, 0.25) is 0 Å². The summed E-state index contributed by atoms with van der Waals surface area (Å²) in [6.45, 7) is 3.44. The summed E-state index contributed by atoms with van der Waals surface area (Å²) in [6, 6.07) is 8.54. The minimum absolute atomic E-state index is 0.376. The lowest BCUT2D eigenvalue weighted by molar-refractivity contribution is 0.0524. The van der Waals surface area contributed by atoms with Crippen molar-refractivity contribution in [1.82, 2.24) is 10.6 Å². The van der Waals surface area contributed by atoms with Crippen LogP contribution in [0.15, 0.2) is 24.3 Å². The molecule has 2 fully saturated rings. The topological polar surface area (TPSA) is 76.4 Å². The van der Waals surface area contributed by atoms with Crippen molar-refractivity contribution in [3.63, 3.8) is 0 Å². The Morgan fingerprint density at radius 1 is 1.32 bits per heavy atom. The van der Waals surface area contributed by atoms with Gasteiger partial charge in [0.1, 0.15) is 0 Å². The molecule has 1 saturated carbocycles. The number of carbonyl (C=O) groups is 1. The Bertz CT molecular complexity index is 497. The Morgan fingerprint density at radius 2 is 2.14 bits per heavy atom. The second-order valence-electron chi connectivity index (χ2n) is 6.28. The SMILES string of the molecule is NC(=O)c1ccc(CNC2CCCC2C2COCCN2)cc1. The Hall–Kier alpha value is -1.43. The molecule has 0 bridgehead atoms. The van der Waals surface area contributed by atoms with Gasteiger partial charge in [-0.1, -0.05) is 18.6 Å². The molecule has 5 nitrogen and oxygen atoms in total. The smallest absolute Gasteiger partial charge is 0.248 e. The summed E-state index contributed by atoms with van der Waals surface area (Å²) < 4.78 is 5.61. The van der Waals surface area contributed by atoms with Crippen LogP contribution in [0.4, 0.5) is 0 Å². The minimum atomic E-state index is -0.376. The summed E-state index contributed by atoms with van der Waals surface area (Å²) in [5.41, 5.74) is 7.01. The summed E-state index contributed by atoms with van der Waals surface area (Å²) in [5.74, 6) is 0.268. The number of nitrogens with two attached hydrogens (primary N) is 1. The number of benzene rings is 1. The molecule has 0 aromatic heterocycles. The summed E-state index contributed by atoms with van der Waals surface area (Å²) in [4.78, 5) is 11.1. The molecule has 3 unspecified atom stereocenters. The number of carbonyl (C=O) groups excluding carboxylic acids is 1. The Balaban J connectivity index is 1.54. The molecule has 0 radical (unpaired) electrons. The van der Waals surface area contributed by atoms with Crippen LogP contribution in [0.3, 0.4) is 0 Å². The molecule has 1 amide bonds. The van der Waals surface area contributed by atoms with Crippen LogP contribution in [0, 0.1) is 5.92 Å². The molecule has 1 heterocycles. The molecular weight excluding hydrogens is 278 g/mol. The lowest BCUT2D eigenvalue weighted by Gasteiger charge is -2.33. The van der Waals surface area contributed by atoms with Gasteiger partial charge in [-0.3, -0.25) is 4.79 Å². The summed E-state index contributed by atoms with van der Waals surface area (Å²) >= 11 is 0. The molecule has 1 aromatic carbocycles. The van der Waals surface area contributed by atoms with Crippen molar-refractivity contribution in [2.24, 2.45) is 11.7 Å². The molecule has 0 spiro atoms. The van der Waals surface area contributed by atoms with Crippen molar-refractivity contribution in [3.8, 4) is 0 Å². The third kappa shape index (κ3) is 3.66. The molecule has 1 aliphatic carbocycles. The molecular formula is C17H25N3O2. The van der Waals surface area contributed by atoms with Gasteiger partial charge in [-0.15, -0.1) is 0 Å². The molecule has 4 N–H and O–H groups in total. The first-order chi connectivity index (χ1) is 10.7. The average molecular weight is 303 g/mol. The lowest BCUT2D eigenvalue weighted by atomic mass is 9.94. The number of nitrogens with one attached hydrogen (secondary N) is 2. The van der Waals surface area contributed by atoms with E-state index in [-0.39, 0.29) is 5.91 Å². The van der Waals surface area contributed by atoms with Crippen LogP contribution in [0.1, 0.15) is 35.2 Å². The van der Waals surface area contributed by atoms with Crippen LogP contribution in [0.25, 0.3) is 0 Å². The molecule has 3 rings (SSSR count). The van der Waals surface area contributed by atoms with E-state index in [2.05, 4.69) is 10.6 Å². The highest BCUT2D eigenvalue weighted by Crippen LogP contribution is 2.29. The highest BCUT2D eigenvalue weighted by atomic mass is 16.5. The minimum Gasteiger partial charge on any atom is -0.379 e. The molecule has 1 aromatic rings. The molecule has 120 valence electrons. The quantitative estimate of drug-likeness (QED) is 0.759. The van der Waals surface area contributed by atoms with Crippen molar-refractivity contribution in [1.29, 1.82) is 0 Å². The van der Waals surface area contributed by atoms with Gasteiger partial charge in [0.15, 0.2) is 0 Å². The molecule has 22 heavy (non-hydrogen) atoms. The second kappa shape index (κ2) is 7.22. The number of ether oxygens (including phenoxy) is 1. The fraction of sp³-hybridized carbons (Fsp3) is 0.588. The fourth-order valence-electron chi connectivity index (χ4n) is 3.62. The standard InChI is InChI=1S/C17H25N3O2/c18-17(21)13-6-4-12(5-7-13)10-20-15-3-1-2-14(15)16-11-22-9-8-19-16/h4-7,14-16,19-20H,1-3,8-11H2,(H2,18,21). The van der Waals surface area contributed by atoms with Gasteiger partial charge in [-0.25, -0.2) is 0 Å². The van der Waals surface area contributed by atoms with Crippen molar-refractivity contribution < 1.29 is 9.53 Å². The van der Waals surface area contributed by atoms with E-state index in [1.807, 2.05) is 12.1 Å². The third-order valence-corrected chi connectivity index (χ3v) is 4.84. The highest BCUT2D eigenvalue weighted by Gasteiger charge is 2.34. The van der Waals surface area contributed by atoms with Crippen LogP contribution in [-0.4, -0.2) is 37.7 Å². The van der Waals surface area contributed by atoms with Gasteiger partial charge in [-0.2, -0.15) is 0 Å². The van der Waals surface area contributed by atoms with Gasteiger partial charge in [0.05, 0.1) is 13.2 Å². The number of primary amides is 1. The third-order valence-electron chi connectivity index (χ3n) is 4.84. The van der Waals surface area contributed by atoms with Gasteiger partial charge in [-0.05, 0) is 36.5 Å². The van der Waals surface area contributed by atoms with Crippen molar-refractivity contribution in [2.45, 2.75) is 37.9 Å². The van der Waals surface area contributed by atoms with Crippen molar-refractivity contribution in [3.05, 3.63) is 35.4 Å². The zero-order valence-electron chi connectivity index (χ0n) is 12.9. The predicted octanol–water partition coefficient (Wildman–Crippen LogP) is 1.03. The first-order valence-corrected chi connectivity index (χ1v) is 8.17. The van der Waals surface area contributed by atoms with E-state index in [9.17, 15) is 4.79 Å². The van der Waals surface area contributed by atoms with Crippen LogP contribution < -0.4 is 16.4 Å². The summed E-state index contributed by atoms with van der Waals surface area (Å²) in [5, 5.41) is 7.27. The molecule has 2 aliphatic rings. The van der Waals surface area contributed by atoms with E-state index in [1.165, 1.54) is 24.8 Å². The Kier molecular flexibility index (Phi) is 5.08. The highest BCUT2D eigenvalue weighted by molar-refractivity contribution is 5.92. The molecule has 1 saturated heterocycles. The number of amides is 1. The Morgan fingerprint density at radius 3 is 2.82 bits per heavy atom. The monoisotopic (exact) mass is 303 g/mol. The summed E-state index contributed by atoms with van der Waals surface area (Å²) in [6.07, 6.45) is 3.77. The van der Waals surface area contributed by atoms with Gasteiger partial charge >= 0.3 is 0 Å². The van der Waals surface area contributed by atoms with Crippen LogP contribution >= 0.6 is 0 Å². The maximum Gasteiger partial charge on any atom is 0.248 e. The number of morpholine rings is 1. The zero-order valence-corrected chi connectivity index (χ0v) is 12.9. The lowest BCUT2D eigenvalue weighted by Crippen LogP contribution is -2.50. The molecule has 5 heteroatoms. The zero-order chi connectivity index (χ0) is 15.4. The van der Waals surface area contributed by atoms with Crippen LogP contribution in [0.5, 0.6) is 0 Å². The van der Waals surface area contributed by atoms with E-state index in [1.54, 1.807) is 12.1 Å². The van der Waals surface area contributed by atoms with E-state index >= 15 is 0 Å². The van der Waals surface area contributed by atoms with Gasteiger partial charge in [0, 0.05) is 30.7 Å². The summed E-state index contributed by atoms with van der Waals surface area (Å²) in [7, 11) is 0. The Labute approximate surface area is 131 Å². The predicted molar refractivity (Wildman–Crippen MR) is 85.5 cm³/mol. The maximum atomic E-state index is 11.1. The van der Waals surface area contributed by atoms with E-state index in [4.69, 9.17) is 10.5 Å². The van der Waals surface area contributed by atoms with Crippen molar-refractivity contribution >= 4 is 5.91 Å². The second-order valence-corrected chi connectivity index (χ2v) is 6.28. The normalized spacial score (nSPS) is 28.6. The van der Waals surface area contributed by atoms with Crippen molar-refractivity contribution in [2.75, 3.05) is 19.8 Å². The number of hydrogen-bond acceptors (Lipinski definition) is 4. The average Bonchev–Trinajstić information content (AvgIpc) is 3.02. The van der Waals surface area contributed by atoms with Crippen LogP contribution in [-0.2, 0) is 11.3 Å².